The van der Waals surface area contributed by atoms with Crippen LogP contribution in [0, 0.1) is 6.92 Å². The third-order valence-corrected chi connectivity index (χ3v) is 7.99. The van der Waals surface area contributed by atoms with Crippen LogP contribution in [0.1, 0.15) is 23.6 Å². The van der Waals surface area contributed by atoms with Crippen molar-refractivity contribution in [2.24, 2.45) is 4.99 Å². The summed E-state index contributed by atoms with van der Waals surface area (Å²) in [5, 5.41) is 17.3. The summed E-state index contributed by atoms with van der Waals surface area (Å²) in [6.45, 7) is 9.10. The topological polar surface area (TPSA) is 116 Å². The molecule has 4 aromatic heterocycles. The number of thiophene rings is 1. The molecule has 6 aromatic rings. The summed E-state index contributed by atoms with van der Waals surface area (Å²) in [5.41, 5.74) is 13.9. The second-order valence-electron chi connectivity index (χ2n) is 9.32. The van der Waals surface area contributed by atoms with Crippen LogP contribution in [-0.4, -0.2) is 40.6 Å². The van der Waals surface area contributed by atoms with Gasteiger partial charge in [-0.1, -0.05) is 49.0 Å². The van der Waals surface area contributed by atoms with E-state index in [0.717, 1.165) is 50.8 Å². The highest BCUT2D eigenvalue weighted by atomic mass is 32.1. The lowest BCUT2D eigenvalue weighted by Gasteiger charge is -2.33. The van der Waals surface area contributed by atoms with Crippen molar-refractivity contribution in [1.29, 1.82) is 0 Å². The number of aliphatic imine (C=N–C) groups is 1. The highest BCUT2D eigenvalue weighted by Gasteiger charge is 2.30. The molecule has 39 heavy (non-hydrogen) atoms. The Morgan fingerprint density at radius 1 is 1.05 bits per heavy atom. The molecule has 0 fully saturated rings. The van der Waals surface area contributed by atoms with Gasteiger partial charge in [-0.3, -0.25) is 4.90 Å². The Kier molecular flexibility index (Phi) is 5.27. The van der Waals surface area contributed by atoms with Crippen LogP contribution >= 0.6 is 11.3 Å². The lowest BCUT2D eigenvalue weighted by atomic mass is 10.0. The number of fused-ring (bicyclic) bond motifs is 3. The van der Waals surface area contributed by atoms with Crippen LogP contribution in [-0.2, 0) is 13.0 Å². The molecule has 192 valence electrons. The monoisotopic (exact) mass is 532 g/mol. The fourth-order valence-electron chi connectivity index (χ4n) is 5.15. The molecule has 0 spiro atoms. The summed E-state index contributed by atoms with van der Waals surface area (Å²) in [6, 6.07) is 16.1. The van der Waals surface area contributed by atoms with Gasteiger partial charge < -0.3 is 5.73 Å². The lowest BCUT2D eigenvalue weighted by Crippen LogP contribution is -2.35. The molecular weight excluding hydrogens is 508 g/mol. The van der Waals surface area contributed by atoms with Crippen LogP contribution in [0.25, 0.3) is 33.6 Å². The van der Waals surface area contributed by atoms with E-state index < -0.39 is 0 Å². The van der Waals surface area contributed by atoms with Gasteiger partial charge in [-0.05, 0) is 48.1 Å². The Bertz CT molecular complexity index is 1940. The van der Waals surface area contributed by atoms with Gasteiger partial charge in [0.2, 0.25) is 0 Å². The molecule has 0 aliphatic carbocycles. The molecule has 2 N–H and O–H groups in total. The third kappa shape index (κ3) is 3.54. The van der Waals surface area contributed by atoms with Gasteiger partial charge in [-0.25, -0.2) is 19.6 Å². The number of rotatable bonds is 5. The van der Waals surface area contributed by atoms with Crippen LogP contribution in [0.5, 0.6) is 0 Å². The van der Waals surface area contributed by atoms with E-state index in [9.17, 15) is 0 Å². The van der Waals surface area contributed by atoms with Crippen molar-refractivity contribution in [2.45, 2.75) is 26.8 Å². The number of anilines is 2. The number of aryl methyl sites for hydroxylation is 2. The van der Waals surface area contributed by atoms with Crippen molar-refractivity contribution in [1.82, 2.24) is 34.7 Å². The van der Waals surface area contributed by atoms with E-state index in [1.807, 2.05) is 30.3 Å². The summed E-state index contributed by atoms with van der Waals surface area (Å²) < 4.78 is 3.48. The van der Waals surface area contributed by atoms with Gasteiger partial charge in [0, 0.05) is 5.56 Å². The number of nitrogen functional groups attached to an aromatic ring is 1. The first-order valence-corrected chi connectivity index (χ1v) is 13.4. The molecule has 0 unspecified atom stereocenters. The van der Waals surface area contributed by atoms with Gasteiger partial charge in [0.1, 0.15) is 40.4 Å². The van der Waals surface area contributed by atoms with Crippen molar-refractivity contribution in [2.75, 3.05) is 10.6 Å². The minimum absolute atomic E-state index is 0.320. The first-order valence-electron chi connectivity index (χ1n) is 12.6. The van der Waals surface area contributed by atoms with Gasteiger partial charge in [-0.2, -0.15) is 4.68 Å². The first kappa shape index (κ1) is 23.2. The molecule has 0 saturated carbocycles. The highest BCUT2D eigenvalue weighted by molar-refractivity contribution is 7.14. The van der Waals surface area contributed by atoms with Crippen LogP contribution in [0.2, 0.25) is 0 Å². The van der Waals surface area contributed by atoms with Crippen molar-refractivity contribution >= 4 is 61.4 Å². The van der Waals surface area contributed by atoms with E-state index in [1.165, 1.54) is 11.9 Å². The van der Waals surface area contributed by atoms with Gasteiger partial charge >= 0.3 is 0 Å². The fourth-order valence-corrected chi connectivity index (χ4v) is 6.11. The molecule has 5 heterocycles. The molecule has 2 aromatic carbocycles. The second-order valence-corrected chi connectivity index (χ2v) is 10.2. The van der Waals surface area contributed by atoms with Crippen LogP contribution in [0.15, 0.2) is 71.8 Å². The Hall–Kier alpha value is -4.90. The molecule has 0 saturated heterocycles. The first-order chi connectivity index (χ1) is 19.0. The maximum atomic E-state index is 6.38. The Balaban J connectivity index is 1.42. The largest absolute Gasteiger partial charge is 0.383 e. The molecule has 11 heteroatoms. The number of benzene rings is 2. The summed E-state index contributed by atoms with van der Waals surface area (Å²) >= 11 is 1.62. The number of hydrogen-bond donors (Lipinski definition) is 1. The number of nitrogens with zero attached hydrogens (tertiary/aromatic N) is 9. The average Bonchev–Trinajstić information content (AvgIpc) is 3.65. The molecule has 7 rings (SSSR count). The quantitative estimate of drug-likeness (QED) is 0.320. The molecule has 0 bridgehead atoms. The number of hydrogen-bond acceptors (Lipinski definition) is 9. The molecule has 0 amide bonds. The Morgan fingerprint density at radius 3 is 2.74 bits per heavy atom. The van der Waals surface area contributed by atoms with Gasteiger partial charge in [0.25, 0.3) is 0 Å². The SMILES string of the molecule is C=C1c2c(C)csc2N=C(Cn2nc(-n3nnc4ccccc43)c3c(N)ncnc32)N1c1ccccc1CC. The second kappa shape index (κ2) is 8.84. The predicted molar refractivity (Wildman–Crippen MR) is 156 cm³/mol. The minimum Gasteiger partial charge on any atom is -0.383 e. The zero-order valence-corrected chi connectivity index (χ0v) is 22.2. The zero-order valence-electron chi connectivity index (χ0n) is 21.4. The van der Waals surface area contributed by atoms with Gasteiger partial charge in [0.05, 0.1) is 16.9 Å². The van der Waals surface area contributed by atoms with Crippen molar-refractivity contribution in [3.63, 3.8) is 0 Å². The number of amidine groups is 1. The van der Waals surface area contributed by atoms with E-state index in [-0.39, 0.29) is 0 Å². The molecule has 1 aliphatic heterocycles. The predicted octanol–water partition coefficient (Wildman–Crippen LogP) is 5.30. The van der Waals surface area contributed by atoms with E-state index in [4.69, 9.17) is 15.8 Å². The van der Waals surface area contributed by atoms with Crippen LogP contribution in [0.4, 0.5) is 16.5 Å². The molecular formula is C28H24N10S. The fraction of sp³-hybridized carbons (Fsp3) is 0.143. The Morgan fingerprint density at radius 2 is 1.87 bits per heavy atom. The molecule has 1 aliphatic rings. The van der Waals surface area contributed by atoms with Gasteiger partial charge in [0.15, 0.2) is 11.5 Å². The van der Waals surface area contributed by atoms with Crippen LogP contribution < -0.4 is 10.6 Å². The van der Waals surface area contributed by atoms with Crippen molar-refractivity contribution < 1.29 is 0 Å². The maximum absolute atomic E-state index is 6.38. The highest BCUT2D eigenvalue weighted by Crippen LogP contribution is 2.43. The number of aromatic nitrogens is 7. The molecule has 10 nitrogen and oxygen atoms in total. The summed E-state index contributed by atoms with van der Waals surface area (Å²) in [6.07, 6.45) is 2.33. The van der Waals surface area contributed by atoms with Crippen LogP contribution in [0.3, 0.4) is 0 Å². The van der Waals surface area contributed by atoms with Crippen molar-refractivity contribution in [3.05, 3.63) is 83.5 Å². The average molecular weight is 533 g/mol. The van der Waals surface area contributed by atoms with Crippen molar-refractivity contribution in [3.8, 4) is 5.82 Å². The summed E-state index contributed by atoms with van der Waals surface area (Å²) in [7, 11) is 0. The molecule has 0 radical (unpaired) electrons. The Labute approximate surface area is 227 Å². The maximum Gasteiger partial charge on any atom is 0.190 e. The van der Waals surface area contributed by atoms with E-state index in [1.54, 1.807) is 20.7 Å². The lowest BCUT2D eigenvalue weighted by molar-refractivity contribution is 0.703. The normalized spacial score (nSPS) is 13.3. The zero-order chi connectivity index (χ0) is 26.7. The smallest absolute Gasteiger partial charge is 0.190 e. The summed E-state index contributed by atoms with van der Waals surface area (Å²) in [5.74, 6) is 1.62. The van der Waals surface area contributed by atoms with E-state index >= 15 is 0 Å². The summed E-state index contributed by atoms with van der Waals surface area (Å²) in [4.78, 5) is 16.1. The number of para-hydroxylation sites is 2. The van der Waals surface area contributed by atoms with E-state index in [0.29, 0.717) is 29.2 Å². The minimum atomic E-state index is 0.320. The van der Waals surface area contributed by atoms with E-state index in [2.05, 4.69) is 69.2 Å². The van der Waals surface area contributed by atoms with Gasteiger partial charge in [-0.15, -0.1) is 21.5 Å². The third-order valence-electron chi connectivity index (χ3n) is 7.00. The standard InChI is InChI=1S/C28H24N10S/c1-4-18-9-5-7-11-20(18)37-17(3)23-16(2)14-39-28(23)32-22(37)13-36-26-24(25(29)30-15-31-26)27(34-36)38-21-12-8-6-10-19(21)33-35-38/h5-12,14-15H,3-4,13H2,1-2H3,(H2,29,30,31). The molecule has 0 atom stereocenters. The number of nitrogens with two attached hydrogens (primary N) is 1.